The standard InChI is InChI=1S/C28H28ClN5O3S/c1-2-38(35,36)24-8-4-6-21(16-24)32-27-18-28(31-19-30-27)33-22-9-10-26(29)25(17-22)20-5-3-7-23(15-20)34-11-13-37-14-12-34/h3-10,15-19H,2,11-14H2,1H3,(H2,30,31,32,33). The second-order valence-corrected chi connectivity index (χ2v) is 11.5. The van der Waals surface area contributed by atoms with Crippen LogP contribution in [0.5, 0.6) is 0 Å². The molecule has 38 heavy (non-hydrogen) atoms. The number of ether oxygens (including phenoxy) is 1. The van der Waals surface area contributed by atoms with Gasteiger partial charge in [-0.2, -0.15) is 0 Å². The average molecular weight is 550 g/mol. The van der Waals surface area contributed by atoms with Crippen molar-refractivity contribution in [1.29, 1.82) is 0 Å². The number of halogens is 1. The van der Waals surface area contributed by atoms with Crippen LogP contribution in [0.3, 0.4) is 0 Å². The Labute approximate surface area is 227 Å². The van der Waals surface area contributed by atoms with E-state index in [1.807, 2.05) is 24.3 Å². The average Bonchev–Trinajstić information content (AvgIpc) is 2.95. The highest BCUT2D eigenvalue weighted by atomic mass is 35.5. The van der Waals surface area contributed by atoms with Crippen LogP contribution < -0.4 is 15.5 Å². The summed E-state index contributed by atoms with van der Waals surface area (Å²) in [7, 11) is -3.31. The van der Waals surface area contributed by atoms with E-state index in [0.717, 1.165) is 48.8 Å². The van der Waals surface area contributed by atoms with Crippen molar-refractivity contribution in [3.05, 3.63) is 84.1 Å². The molecule has 0 radical (unpaired) electrons. The molecule has 1 aliphatic heterocycles. The molecule has 0 aliphatic carbocycles. The summed E-state index contributed by atoms with van der Waals surface area (Å²) in [6.07, 6.45) is 1.44. The molecule has 0 atom stereocenters. The maximum absolute atomic E-state index is 12.2. The van der Waals surface area contributed by atoms with Crippen LogP contribution in [0, 0.1) is 0 Å². The number of anilines is 5. The summed E-state index contributed by atoms with van der Waals surface area (Å²) in [5.41, 5.74) is 4.52. The third kappa shape index (κ3) is 6.07. The first-order valence-electron chi connectivity index (χ1n) is 12.3. The van der Waals surface area contributed by atoms with Gasteiger partial charge >= 0.3 is 0 Å². The van der Waals surface area contributed by atoms with Crippen molar-refractivity contribution in [2.75, 3.05) is 47.6 Å². The first kappa shape index (κ1) is 26.0. The molecule has 1 saturated heterocycles. The number of nitrogens with zero attached hydrogens (tertiary/aromatic N) is 3. The fraction of sp³-hybridized carbons (Fsp3) is 0.214. The number of morpholine rings is 1. The van der Waals surface area contributed by atoms with Crippen molar-refractivity contribution in [3.8, 4) is 11.1 Å². The molecule has 0 unspecified atom stereocenters. The third-order valence-corrected chi connectivity index (χ3v) is 8.35. The van der Waals surface area contributed by atoms with Gasteiger partial charge < -0.3 is 20.3 Å². The van der Waals surface area contributed by atoms with Gasteiger partial charge in [-0.15, -0.1) is 0 Å². The SMILES string of the molecule is CCS(=O)(=O)c1cccc(Nc2cc(Nc3ccc(Cl)c(-c4cccc(N5CCOCC5)c4)c3)ncn2)c1. The fourth-order valence-corrected chi connectivity index (χ4v) is 5.39. The van der Waals surface area contributed by atoms with Crippen molar-refractivity contribution in [2.45, 2.75) is 11.8 Å². The Bertz CT molecular complexity index is 1540. The zero-order valence-electron chi connectivity index (χ0n) is 20.9. The van der Waals surface area contributed by atoms with E-state index in [1.165, 1.54) is 6.33 Å². The molecule has 2 N–H and O–H groups in total. The quantitative estimate of drug-likeness (QED) is 0.280. The van der Waals surface area contributed by atoms with Crippen LogP contribution in [0.2, 0.25) is 5.02 Å². The van der Waals surface area contributed by atoms with Crippen LogP contribution in [0.1, 0.15) is 6.92 Å². The third-order valence-electron chi connectivity index (χ3n) is 6.28. The molecule has 10 heteroatoms. The molecule has 8 nitrogen and oxygen atoms in total. The summed E-state index contributed by atoms with van der Waals surface area (Å²) in [5, 5.41) is 7.13. The van der Waals surface area contributed by atoms with E-state index in [0.29, 0.717) is 22.3 Å². The number of sulfone groups is 1. The van der Waals surface area contributed by atoms with Gasteiger partial charge in [-0.25, -0.2) is 18.4 Å². The second-order valence-electron chi connectivity index (χ2n) is 8.81. The normalized spacial score (nSPS) is 13.8. The largest absolute Gasteiger partial charge is 0.378 e. The Morgan fingerprint density at radius 1 is 0.895 bits per heavy atom. The second kappa shape index (κ2) is 11.4. The molecule has 0 saturated carbocycles. The fourth-order valence-electron chi connectivity index (χ4n) is 4.24. The summed E-state index contributed by atoms with van der Waals surface area (Å²) in [6, 6.07) is 22.5. The van der Waals surface area contributed by atoms with Crippen molar-refractivity contribution in [1.82, 2.24) is 9.97 Å². The molecular weight excluding hydrogens is 522 g/mol. The molecule has 0 spiro atoms. The summed E-state index contributed by atoms with van der Waals surface area (Å²) in [4.78, 5) is 11.2. The minimum absolute atomic E-state index is 0.0403. The van der Waals surface area contributed by atoms with E-state index in [1.54, 1.807) is 37.3 Å². The van der Waals surface area contributed by atoms with Gasteiger partial charge in [0.2, 0.25) is 0 Å². The number of nitrogens with one attached hydrogen (secondary N) is 2. The molecule has 0 bridgehead atoms. The zero-order chi connectivity index (χ0) is 26.5. The molecule has 0 amide bonds. The van der Waals surface area contributed by atoms with Crippen molar-refractivity contribution in [2.24, 2.45) is 0 Å². The topological polar surface area (TPSA) is 96.5 Å². The van der Waals surface area contributed by atoms with E-state index in [2.05, 4.69) is 43.7 Å². The van der Waals surface area contributed by atoms with Crippen LogP contribution in [-0.4, -0.2) is 50.4 Å². The maximum Gasteiger partial charge on any atom is 0.178 e. The first-order valence-corrected chi connectivity index (χ1v) is 14.4. The van der Waals surface area contributed by atoms with Gasteiger partial charge in [0, 0.05) is 46.8 Å². The van der Waals surface area contributed by atoms with Crippen LogP contribution in [0.4, 0.5) is 28.7 Å². The van der Waals surface area contributed by atoms with E-state index < -0.39 is 9.84 Å². The number of aromatic nitrogens is 2. The lowest BCUT2D eigenvalue weighted by atomic mass is 10.0. The first-order chi connectivity index (χ1) is 18.4. The van der Waals surface area contributed by atoms with Gasteiger partial charge in [-0.3, -0.25) is 0 Å². The Hall–Kier alpha value is -3.66. The summed E-state index contributed by atoms with van der Waals surface area (Å²) >= 11 is 6.60. The van der Waals surface area contributed by atoms with Crippen molar-refractivity contribution < 1.29 is 13.2 Å². The zero-order valence-corrected chi connectivity index (χ0v) is 22.5. The van der Waals surface area contributed by atoms with Crippen LogP contribution in [-0.2, 0) is 14.6 Å². The smallest absolute Gasteiger partial charge is 0.178 e. The Balaban J connectivity index is 1.35. The monoisotopic (exact) mass is 549 g/mol. The predicted octanol–water partition coefficient (Wildman–Crippen LogP) is 5.91. The number of benzene rings is 3. The minimum atomic E-state index is -3.31. The van der Waals surface area contributed by atoms with Crippen LogP contribution in [0.15, 0.2) is 84.0 Å². The van der Waals surface area contributed by atoms with Crippen LogP contribution >= 0.6 is 11.6 Å². The Kier molecular flexibility index (Phi) is 7.78. The highest BCUT2D eigenvalue weighted by Crippen LogP contribution is 2.34. The van der Waals surface area contributed by atoms with Gasteiger partial charge in [-0.05, 0) is 54.1 Å². The number of hydrogen-bond acceptors (Lipinski definition) is 8. The lowest BCUT2D eigenvalue weighted by Crippen LogP contribution is -2.36. The molecule has 1 fully saturated rings. The van der Waals surface area contributed by atoms with Gasteiger partial charge in [0.1, 0.15) is 18.0 Å². The van der Waals surface area contributed by atoms with E-state index in [4.69, 9.17) is 16.3 Å². The highest BCUT2D eigenvalue weighted by molar-refractivity contribution is 7.91. The molecule has 1 aromatic heterocycles. The maximum atomic E-state index is 12.2. The van der Waals surface area contributed by atoms with Crippen molar-refractivity contribution >= 4 is 50.1 Å². The minimum Gasteiger partial charge on any atom is -0.378 e. The Morgan fingerprint density at radius 3 is 2.34 bits per heavy atom. The summed E-state index contributed by atoms with van der Waals surface area (Å²) in [5.74, 6) is 1.15. The van der Waals surface area contributed by atoms with Gasteiger partial charge in [-0.1, -0.05) is 36.7 Å². The van der Waals surface area contributed by atoms with Crippen LogP contribution in [0.25, 0.3) is 11.1 Å². The summed E-state index contributed by atoms with van der Waals surface area (Å²) < 4.78 is 30.0. The number of hydrogen-bond donors (Lipinski definition) is 2. The molecule has 1 aliphatic rings. The molecule has 2 heterocycles. The predicted molar refractivity (Wildman–Crippen MR) is 153 cm³/mol. The van der Waals surface area contributed by atoms with Gasteiger partial charge in [0.05, 0.1) is 23.9 Å². The van der Waals surface area contributed by atoms with E-state index in [9.17, 15) is 8.42 Å². The molecule has 3 aromatic carbocycles. The Morgan fingerprint density at radius 2 is 1.61 bits per heavy atom. The van der Waals surface area contributed by atoms with Gasteiger partial charge in [0.25, 0.3) is 0 Å². The van der Waals surface area contributed by atoms with E-state index >= 15 is 0 Å². The number of rotatable bonds is 8. The molecule has 4 aromatic rings. The molecule has 5 rings (SSSR count). The van der Waals surface area contributed by atoms with Crippen molar-refractivity contribution in [3.63, 3.8) is 0 Å². The lowest BCUT2D eigenvalue weighted by molar-refractivity contribution is 0.122. The van der Waals surface area contributed by atoms with E-state index in [-0.39, 0.29) is 10.6 Å². The lowest BCUT2D eigenvalue weighted by Gasteiger charge is -2.29. The van der Waals surface area contributed by atoms with Gasteiger partial charge in [0.15, 0.2) is 9.84 Å². The molecular formula is C28H28ClN5O3S. The molecule has 196 valence electrons. The highest BCUT2D eigenvalue weighted by Gasteiger charge is 2.14. The summed E-state index contributed by atoms with van der Waals surface area (Å²) in [6.45, 7) is 4.80.